The van der Waals surface area contributed by atoms with E-state index in [-0.39, 0.29) is 12.4 Å². The first-order chi connectivity index (χ1) is 9.15. The van der Waals surface area contributed by atoms with Crippen LogP contribution >= 0.6 is 47.2 Å². The maximum Gasteiger partial charge on any atom is 0.0595 e. The molecule has 0 saturated carbocycles. The second-order valence-electron chi connectivity index (χ2n) is 4.30. The highest BCUT2D eigenvalue weighted by Gasteiger charge is 1.99. The molecule has 0 aromatic heterocycles. The van der Waals surface area contributed by atoms with Gasteiger partial charge in [0.25, 0.3) is 0 Å². The summed E-state index contributed by atoms with van der Waals surface area (Å²) in [6, 6.07) is 13.6. The Morgan fingerprint density at radius 1 is 0.800 bits per heavy atom. The Morgan fingerprint density at radius 3 is 2.10 bits per heavy atom. The van der Waals surface area contributed by atoms with Gasteiger partial charge in [0.2, 0.25) is 0 Å². The van der Waals surface area contributed by atoms with Gasteiger partial charge in [0.15, 0.2) is 0 Å². The van der Waals surface area contributed by atoms with Gasteiger partial charge in [-0.3, -0.25) is 0 Å². The highest BCUT2D eigenvalue weighted by Crippen LogP contribution is 2.22. The minimum absolute atomic E-state index is 0. The van der Waals surface area contributed by atoms with Crippen LogP contribution in [0.5, 0.6) is 0 Å². The summed E-state index contributed by atoms with van der Waals surface area (Å²) in [4.78, 5) is 0. The summed E-state index contributed by atoms with van der Waals surface area (Å²) in [5, 5.41) is 5.33. The summed E-state index contributed by atoms with van der Waals surface area (Å²) in [5.74, 6) is 0. The molecule has 0 amide bonds. The number of nitrogens with one attached hydrogen (secondary N) is 1. The van der Waals surface area contributed by atoms with Gasteiger partial charge < -0.3 is 5.32 Å². The third-order valence-corrected chi connectivity index (χ3v) is 3.81. The molecule has 0 spiro atoms. The highest BCUT2D eigenvalue weighted by atomic mass is 35.5. The zero-order chi connectivity index (χ0) is 13.7. The highest BCUT2D eigenvalue weighted by molar-refractivity contribution is 6.42. The molecule has 0 heterocycles. The van der Waals surface area contributed by atoms with E-state index in [0.29, 0.717) is 10.0 Å². The predicted molar refractivity (Wildman–Crippen MR) is 90.6 cm³/mol. The Balaban J connectivity index is 0.00000200. The molecule has 5 heteroatoms. The zero-order valence-electron chi connectivity index (χ0n) is 10.7. The van der Waals surface area contributed by atoms with Crippen LogP contribution in [-0.4, -0.2) is 6.54 Å². The maximum absolute atomic E-state index is 5.97. The Bertz CT molecular complexity index is 540. The van der Waals surface area contributed by atoms with E-state index in [1.54, 1.807) is 0 Å². The van der Waals surface area contributed by atoms with Gasteiger partial charge in [-0.15, -0.1) is 12.4 Å². The molecule has 0 unspecified atom stereocenters. The van der Waals surface area contributed by atoms with Gasteiger partial charge in [-0.1, -0.05) is 53.0 Å². The molecule has 0 radical (unpaired) electrons. The Morgan fingerprint density at radius 2 is 1.45 bits per heavy atom. The van der Waals surface area contributed by atoms with Crippen LogP contribution in [0.2, 0.25) is 15.1 Å². The average Bonchev–Trinajstić information content (AvgIpc) is 2.41. The number of benzene rings is 2. The normalized spacial score (nSPS) is 10.2. The standard InChI is InChI=1S/C15H14Cl3N.ClH/c16-13-4-1-11(2-5-13)7-8-19-10-12-3-6-14(17)15(18)9-12;/h1-6,9,19H,7-8,10H2;1H. The van der Waals surface area contributed by atoms with Crippen molar-refractivity contribution in [1.29, 1.82) is 0 Å². The fraction of sp³-hybridized carbons (Fsp3) is 0.200. The van der Waals surface area contributed by atoms with Crippen LogP contribution in [0, 0.1) is 0 Å². The molecule has 0 atom stereocenters. The molecular formula is C15H15Cl4N. The largest absolute Gasteiger partial charge is 0.312 e. The van der Waals surface area contributed by atoms with Gasteiger partial charge in [-0.2, -0.15) is 0 Å². The first-order valence-corrected chi connectivity index (χ1v) is 7.17. The lowest BCUT2D eigenvalue weighted by molar-refractivity contribution is 0.687. The molecule has 108 valence electrons. The second kappa shape index (κ2) is 8.76. The van der Waals surface area contributed by atoms with Crippen LogP contribution in [-0.2, 0) is 13.0 Å². The fourth-order valence-corrected chi connectivity index (χ4v) is 2.21. The summed E-state index contributed by atoms with van der Waals surface area (Å²) in [6.45, 7) is 1.69. The van der Waals surface area contributed by atoms with Gasteiger partial charge in [0, 0.05) is 11.6 Å². The summed E-state index contributed by atoms with van der Waals surface area (Å²) < 4.78 is 0. The SMILES string of the molecule is Cl.Clc1ccc(CCNCc2ccc(Cl)c(Cl)c2)cc1. The van der Waals surface area contributed by atoms with E-state index in [4.69, 9.17) is 34.8 Å². The van der Waals surface area contributed by atoms with Crippen LogP contribution < -0.4 is 5.32 Å². The topological polar surface area (TPSA) is 12.0 Å². The van der Waals surface area contributed by atoms with E-state index < -0.39 is 0 Å². The molecule has 0 fully saturated rings. The number of rotatable bonds is 5. The van der Waals surface area contributed by atoms with Crippen molar-refractivity contribution in [3.8, 4) is 0 Å². The van der Waals surface area contributed by atoms with E-state index >= 15 is 0 Å². The predicted octanol–water partition coefficient (Wildman–Crippen LogP) is 5.40. The van der Waals surface area contributed by atoms with Crippen LogP contribution in [0.15, 0.2) is 42.5 Å². The van der Waals surface area contributed by atoms with Crippen molar-refractivity contribution in [1.82, 2.24) is 5.32 Å². The molecule has 2 aromatic rings. The molecule has 0 saturated heterocycles. The van der Waals surface area contributed by atoms with Crippen molar-refractivity contribution < 1.29 is 0 Å². The van der Waals surface area contributed by atoms with Crippen LogP contribution in [0.25, 0.3) is 0 Å². The molecule has 1 nitrogen and oxygen atoms in total. The molecule has 20 heavy (non-hydrogen) atoms. The Hall–Kier alpha value is -0.440. The maximum atomic E-state index is 5.97. The molecular weight excluding hydrogens is 336 g/mol. The quantitative estimate of drug-likeness (QED) is 0.711. The molecule has 0 aliphatic rings. The van der Waals surface area contributed by atoms with E-state index in [2.05, 4.69) is 5.32 Å². The lowest BCUT2D eigenvalue weighted by atomic mass is 10.1. The lowest BCUT2D eigenvalue weighted by Crippen LogP contribution is -2.16. The first kappa shape index (κ1) is 17.6. The van der Waals surface area contributed by atoms with E-state index in [1.807, 2.05) is 42.5 Å². The van der Waals surface area contributed by atoms with E-state index in [9.17, 15) is 0 Å². The van der Waals surface area contributed by atoms with E-state index in [0.717, 1.165) is 30.1 Å². The third kappa shape index (κ3) is 5.51. The molecule has 1 N–H and O–H groups in total. The molecule has 0 bridgehead atoms. The average molecular weight is 351 g/mol. The van der Waals surface area contributed by atoms with Crippen molar-refractivity contribution in [2.45, 2.75) is 13.0 Å². The summed E-state index contributed by atoms with van der Waals surface area (Å²) in [5.41, 5.74) is 2.40. The zero-order valence-corrected chi connectivity index (χ0v) is 13.8. The number of hydrogen-bond donors (Lipinski definition) is 1. The van der Waals surface area contributed by atoms with Crippen LogP contribution in [0.4, 0.5) is 0 Å². The lowest BCUT2D eigenvalue weighted by Gasteiger charge is -2.06. The van der Waals surface area contributed by atoms with Crippen molar-refractivity contribution in [3.05, 3.63) is 68.7 Å². The molecule has 0 aliphatic carbocycles. The summed E-state index contributed by atoms with van der Waals surface area (Å²) >= 11 is 17.7. The van der Waals surface area contributed by atoms with Crippen molar-refractivity contribution in [2.75, 3.05) is 6.54 Å². The smallest absolute Gasteiger partial charge is 0.0595 e. The Labute approximate surface area is 140 Å². The fourth-order valence-electron chi connectivity index (χ4n) is 1.77. The minimum atomic E-state index is 0. The van der Waals surface area contributed by atoms with Gasteiger partial charge in [0.05, 0.1) is 10.0 Å². The Kier molecular flexibility index (Phi) is 7.71. The van der Waals surface area contributed by atoms with Crippen LogP contribution in [0.3, 0.4) is 0 Å². The monoisotopic (exact) mass is 349 g/mol. The van der Waals surface area contributed by atoms with Crippen LogP contribution in [0.1, 0.15) is 11.1 Å². The molecule has 0 aliphatic heterocycles. The molecule has 2 rings (SSSR count). The molecule has 2 aromatic carbocycles. The minimum Gasteiger partial charge on any atom is -0.312 e. The van der Waals surface area contributed by atoms with Crippen molar-refractivity contribution in [2.24, 2.45) is 0 Å². The first-order valence-electron chi connectivity index (χ1n) is 6.04. The number of halogens is 4. The van der Waals surface area contributed by atoms with Gasteiger partial charge in [-0.05, 0) is 48.4 Å². The number of hydrogen-bond acceptors (Lipinski definition) is 1. The van der Waals surface area contributed by atoms with Gasteiger partial charge >= 0.3 is 0 Å². The third-order valence-electron chi connectivity index (χ3n) is 2.82. The van der Waals surface area contributed by atoms with Crippen molar-refractivity contribution in [3.63, 3.8) is 0 Å². The second-order valence-corrected chi connectivity index (χ2v) is 5.55. The van der Waals surface area contributed by atoms with Gasteiger partial charge in [-0.25, -0.2) is 0 Å². The summed E-state index contributed by atoms with van der Waals surface area (Å²) in [7, 11) is 0. The van der Waals surface area contributed by atoms with Crippen molar-refractivity contribution >= 4 is 47.2 Å². The van der Waals surface area contributed by atoms with E-state index in [1.165, 1.54) is 5.56 Å². The summed E-state index contributed by atoms with van der Waals surface area (Å²) in [6.07, 6.45) is 0.971. The van der Waals surface area contributed by atoms with Gasteiger partial charge in [0.1, 0.15) is 0 Å².